The van der Waals surface area contributed by atoms with Gasteiger partial charge in [0.25, 0.3) is 0 Å². The van der Waals surface area contributed by atoms with Crippen LogP contribution >= 0.6 is 11.6 Å². The summed E-state index contributed by atoms with van der Waals surface area (Å²) in [5.74, 6) is 0. The van der Waals surface area contributed by atoms with Crippen molar-refractivity contribution in [3.8, 4) is 0 Å². The summed E-state index contributed by atoms with van der Waals surface area (Å²) in [4.78, 5) is 11.3. The quantitative estimate of drug-likeness (QED) is 0.697. The van der Waals surface area contributed by atoms with Crippen LogP contribution in [-0.4, -0.2) is 6.29 Å². The molecule has 1 saturated carbocycles. The van der Waals surface area contributed by atoms with E-state index in [1.54, 1.807) is 0 Å². The zero-order valence-electron chi connectivity index (χ0n) is 8.71. The second-order valence-corrected chi connectivity index (χ2v) is 4.78. The standard InChI is InChI=1S/C13H15ClO/c14-12-6-4-11(5-7-12)13(10-15)8-2-1-3-9-13/h4-7,10H,1-3,8-9H2. The van der Waals surface area contributed by atoms with Crippen molar-refractivity contribution in [3.05, 3.63) is 34.9 Å². The average molecular weight is 223 g/mol. The zero-order valence-corrected chi connectivity index (χ0v) is 9.46. The van der Waals surface area contributed by atoms with Gasteiger partial charge in [0.2, 0.25) is 0 Å². The van der Waals surface area contributed by atoms with Crippen LogP contribution in [0.1, 0.15) is 37.7 Å². The van der Waals surface area contributed by atoms with E-state index in [2.05, 4.69) is 0 Å². The molecule has 1 aromatic rings. The van der Waals surface area contributed by atoms with Crippen LogP contribution in [0.4, 0.5) is 0 Å². The Morgan fingerprint density at radius 3 is 2.20 bits per heavy atom. The predicted octanol–water partition coefficient (Wildman–Crippen LogP) is 3.74. The van der Waals surface area contributed by atoms with Gasteiger partial charge in [-0.15, -0.1) is 0 Å². The van der Waals surface area contributed by atoms with Crippen LogP contribution < -0.4 is 0 Å². The maximum atomic E-state index is 11.3. The summed E-state index contributed by atoms with van der Waals surface area (Å²) in [5.41, 5.74) is 0.893. The van der Waals surface area contributed by atoms with E-state index in [1.807, 2.05) is 24.3 Å². The van der Waals surface area contributed by atoms with Crippen molar-refractivity contribution in [2.75, 3.05) is 0 Å². The van der Waals surface area contributed by atoms with Crippen LogP contribution in [-0.2, 0) is 10.2 Å². The van der Waals surface area contributed by atoms with E-state index in [0.717, 1.165) is 42.6 Å². The van der Waals surface area contributed by atoms with Gasteiger partial charge in [-0.2, -0.15) is 0 Å². The summed E-state index contributed by atoms with van der Waals surface area (Å²) < 4.78 is 0. The van der Waals surface area contributed by atoms with E-state index >= 15 is 0 Å². The first kappa shape index (κ1) is 10.7. The van der Waals surface area contributed by atoms with Gasteiger partial charge < -0.3 is 4.79 Å². The summed E-state index contributed by atoms with van der Waals surface area (Å²) in [6.07, 6.45) is 6.66. The molecule has 0 heterocycles. The monoisotopic (exact) mass is 222 g/mol. The molecule has 0 unspecified atom stereocenters. The fraction of sp³-hybridized carbons (Fsp3) is 0.462. The van der Waals surface area contributed by atoms with Crippen LogP contribution in [0.5, 0.6) is 0 Å². The van der Waals surface area contributed by atoms with E-state index in [9.17, 15) is 4.79 Å². The molecule has 0 spiro atoms. The highest BCUT2D eigenvalue weighted by atomic mass is 35.5. The lowest BCUT2D eigenvalue weighted by Gasteiger charge is -2.32. The predicted molar refractivity (Wildman–Crippen MR) is 62.3 cm³/mol. The second kappa shape index (κ2) is 4.36. The van der Waals surface area contributed by atoms with E-state index in [1.165, 1.54) is 6.42 Å². The van der Waals surface area contributed by atoms with Crippen molar-refractivity contribution < 1.29 is 4.79 Å². The van der Waals surface area contributed by atoms with Gasteiger partial charge in [-0.25, -0.2) is 0 Å². The maximum Gasteiger partial charge on any atom is 0.130 e. The van der Waals surface area contributed by atoms with Gasteiger partial charge in [0.15, 0.2) is 0 Å². The van der Waals surface area contributed by atoms with Crippen LogP contribution in [0.25, 0.3) is 0 Å². The third kappa shape index (κ3) is 2.07. The Bertz CT molecular complexity index is 336. The van der Waals surface area contributed by atoms with Gasteiger partial charge in [0.05, 0.1) is 5.41 Å². The van der Waals surface area contributed by atoms with Gasteiger partial charge in [-0.1, -0.05) is 43.0 Å². The number of hydrogen-bond acceptors (Lipinski definition) is 1. The topological polar surface area (TPSA) is 17.1 Å². The van der Waals surface area contributed by atoms with Gasteiger partial charge in [-0.05, 0) is 30.5 Å². The largest absolute Gasteiger partial charge is 0.302 e. The molecular formula is C13H15ClO. The number of carbonyl (C=O) groups is 1. The Kier molecular flexibility index (Phi) is 3.11. The van der Waals surface area contributed by atoms with Crippen molar-refractivity contribution in [3.63, 3.8) is 0 Å². The Morgan fingerprint density at radius 2 is 1.67 bits per heavy atom. The van der Waals surface area contributed by atoms with Gasteiger partial charge in [0.1, 0.15) is 6.29 Å². The summed E-state index contributed by atoms with van der Waals surface area (Å²) in [6, 6.07) is 7.72. The number of hydrogen-bond donors (Lipinski definition) is 0. The first-order valence-electron chi connectivity index (χ1n) is 5.49. The van der Waals surface area contributed by atoms with Crippen molar-refractivity contribution in [2.45, 2.75) is 37.5 Å². The first-order chi connectivity index (χ1) is 7.27. The molecular weight excluding hydrogens is 208 g/mol. The molecule has 1 aromatic carbocycles. The molecule has 0 aromatic heterocycles. The number of rotatable bonds is 2. The number of carbonyl (C=O) groups excluding carboxylic acids is 1. The second-order valence-electron chi connectivity index (χ2n) is 4.34. The summed E-state index contributed by atoms with van der Waals surface area (Å²) >= 11 is 5.85. The summed E-state index contributed by atoms with van der Waals surface area (Å²) in [7, 11) is 0. The lowest BCUT2D eigenvalue weighted by Crippen LogP contribution is -2.30. The van der Waals surface area contributed by atoms with Crippen LogP contribution in [0.15, 0.2) is 24.3 Å². The fourth-order valence-electron chi connectivity index (χ4n) is 2.44. The van der Waals surface area contributed by atoms with E-state index in [0.29, 0.717) is 0 Å². The molecule has 0 atom stereocenters. The molecule has 0 aliphatic heterocycles. The molecule has 15 heavy (non-hydrogen) atoms. The van der Waals surface area contributed by atoms with Gasteiger partial charge >= 0.3 is 0 Å². The molecule has 0 radical (unpaired) electrons. The van der Waals surface area contributed by atoms with Crippen LogP contribution in [0, 0.1) is 0 Å². The molecule has 0 N–H and O–H groups in total. The molecule has 2 rings (SSSR count). The Morgan fingerprint density at radius 1 is 1.07 bits per heavy atom. The SMILES string of the molecule is O=CC1(c2ccc(Cl)cc2)CCCCC1. The third-order valence-corrected chi connectivity index (χ3v) is 3.64. The molecule has 0 saturated heterocycles. The van der Waals surface area contributed by atoms with Gasteiger partial charge in [-0.3, -0.25) is 0 Å². The van der Waals surface area contributed by atoms with E-state index in [4.69, 9.17) is 11.6 Å². The minimum Gasteiger partial charge on any atom is -0.302 e. The number of halogens is 1. The number of aldehydes is 1. The molecule has 1 fully saturated rings. The minimum absolute atomic E-state index is 0.233. The summed E-state index contributed by atoms with van der Waals surface area (Å²) in [5, 5.41) is 0.732. The smallest absolute Gasteiger partial charge is 0.130 e. The first-order valence-corrected chi connectivity index (χ1v) is 5.87. The zero-order chi connectivity index (χ0) is 10.7. The normalized spacial score (nSPS) is 19.8. The molecule has 80 valence electrons. The van der Waals surface area contributed by atoms with Crippen LogP contribution in [0.3, 0.4) is 0 Å². The molecule has 1 aliphatic rings. The summed E-state index contributed by atoms with van der Waals surface area (Å²) in [6.45, 7) is 0. The van der Waals surface area contributed by atoms with Crippen molar-refractivity contribution in [1.82, 2.24) is 0 Å². The highest BCUT2D eigenvalue weighted by Gasteiger charge is 2.33. The third-order valence-electron chi connectivity index (χ3n) is 3.39. The minimum atomic E-state index is -0.233. The molecule has 0 bridgehead atoms. The molecule has 1 aliphatic carbocycles. The Labute approximate surface area is 95.4 Å². The van der Waals surface area contributed by atoms with Crippen LogP contribution in [0.2, 0.25) is 5.02 Å². The molecule has 2 heteroatoms. The highest BCUT2D eigenvalue weighted by molar-refractivity contribution is 6.30. The van der Waals surface area contributed by atoms with Gasteiger partial charge in [0, 0.05) is 5.02 Å². The van der Waals surface area contributed by atoms with E-state index < -0.39 is 0 Å². The maximum absolute atomic E-state index is 11.3. The number of benzene rings is 1. The lowest BCUT2D eigenvalue weighted by atomic mass is 9.70. The van der Waals surface area contributed by atoms with Crippen molar-refractivity contribution >= 4 is 17.9 Å². The highest BCUT2D eigenvalue weighted by Crippen LogP contribution is 2.37. The lowest BCUT2D eigenvalue weighted by molar-refractivity contribution is -0.113. The Hall–Kier alpha value is -0.820. The molecule has 0 amide bonds. The van der Waals surface area contributed by atoms with Crippen molar-refractivity contribution in [2.24, 2.45) is 0 Å². The van der Waals surface area contributed by atoms with Crippen molar-refractivity contribution in [1.29, 1.82) is 0 Å². The average Bonchev–Trinajstić information content (AvgIpc) is 2.31. The Balaban J connectivity index is 2.32. The molecule has 1 nitrogen and oxygen atoms in total. The fourth-order valence-corrected chi connectivity index (χ4v) is 2.57. The van der Waals surface area contributed by atoms with E-state index in [-0.39, 0.29) is 5.41 Å².